The Morgan fingerprint density at radius 2 is 2.04 bits per heavy atom. The van der Waals surface area contributed by atoms with E-state index < -0.39 is 0 Å². The van der Waals surface area contributed by atoms with Crippen molar-refractivity contribution in [3.05, 3.63) is 12.2 Å². The van der Waals surface area contributed by atoms with E-state index >= 15 is 0 Å². The van der Waals surface area contributed by atoms with Gasteiger partial charge in [-0.15, -0.1) is 10.2 Å². The van der Waals surface area contributed by atoms with Crippen LogP contribution in [0.25, 0.3) is 0 Å². The van der Waals surface area contributed by atoms with E-state index in [9.17, 15) is 4.79 Å². The van der Waals surface area contributed by atoms with E-state index in [1.165, 1.54) is 19.3 Å². The molecular formula is C19H28N4O2. The Morgan fingerprint density at radius 1 is 1.24 bits per heavy atom. The summed E-state index contributed by atoms with van der Waals surface area (Å²) < 4.78 is 7.93. The molecule has 4 fully saturated rings. The topological polar surface area (TPSA) is 60.2 Å². The first-order chi connectivity index (χ1) is 12.3. The lowest BCUT2D eigenvalue weighted by Gasteiger charge is -2.37. The smallest absolute Gasteiger partial charge is 0.225 e. The second kappa shape index (κ2) is 6.08. The molecule has 0 N–H and O–H groups in total. The van der Waals surface area contributed by atoms with Gasteiger partial charge in [0.15, 0.2) is 0 Å². The molecular weight excluding hydrogens is 316 g/mol. The highest BCUT2D eigenvalue weighted by molar-refractivity contribution is 5.80. The minimum atomic E-state index is 0.131. The molecule has 0 radical (unpaired) electrons. The highest BCUT2D eigenvalue weighted by atomic mass is 16.5. The van der Waals surface area contributed by atoms with E-state index in [-0.39, 0.29) is 11.3 Å². The van der Waals surface area contributed by atoms with Crippen molar-refractivity contribution in [1.82, 2.24) is 19.7 Å². The van der Waals surface area contributed by atoms with Crippen molar-refractivity contribution >= 4 is 5.91 Å². The molecule has 136 valence electrons. The molecule has 1 aromatic rings. The van der Waals surface area contributed by atoms with Crippen LogP contribution in [-0.4, -0.2) is 51.9 Å². The Morgan fingerprint density at radius 3 is 2.72 bits per heavy atom. The zero-order chi connectivity index (χ0) is 16.9. The van der Waals surface area contributed by atoms with Crippen LogP contribution in [0, 0.1) is 17.3 Å². The average Bonchev–Trinajstić information content (AvgIpc) is 3.15. The molecule has 4 aliphatic rings. The van der Waals surface area contributed by atoms with E-state index in [0.717, 1.165) is 70.3 Å². The van der Waals surface area contributed by atoms with Crippen molar-refractivity contribution in [3.8, 4) is 0 Å². The minimum Gasteiger partial charge on any atom is -0.381 e. The molecule has 25 heavy (non-hydrogen) atoms. The number of carbonyl (C=O) groups excluding carboxylic acids is 1. The Labute approximate surface area is 148 Å². The molecule has 6 heteroatoms. The lowest BCUT2D eigenvalue weighted by molar-refractivity contribution is -0.137. The van der Waals surface area contributed by atoms with Gasteiger partial charge in [-0.05, 0) is 44.4 Å². The van der Waals surface area contributed by atoms with Crippen molar-refractivity contribution in [2.75, 3.05) is 26.3 Å². The fourth-order valence-corrected chi connectivity index (χ4v) is 4.94. The first-order valence-corrected chi connectivity index (χ1v) is 9.99. The summed E-state index contributed by atoms with van der Waals surface area (Å²) in [5.74, 6) is 2.88. The summed E-state index contributed by atoms with van der Waals surface area (Å²) in [5, 5.41) is 8.77. The van der Waals surface area contributed by atoms with Crippen LogP contribution in [0.1, 0.15) is 56.7 Å². The summed E-state index contributed by atoms with van der Waals surface area (Å²) >= 11 is 0. The van der Waals surface area contributed by atoms with Gasteiger partial charge < -0.3 is 14.2 Å². The highest BCUT2D eigenvalue weighted by Gasteiger charge is 2.52. The fourth-order valence-electron chi connectivity index (χ4n) is 4.94. The van der Waals surface area contributed by atoms with Crippen molar-refractivity contribution in [3.63, 3.8) is 0 Å². The van der Waals surface area contributed by atoms with Gasteiger partial charge in [-0.25, -0.2) is 0 Å². The molecule has 3 heterocycles. The summed E-state index contributed by atoms with van der Waals surface area (Å²) in [6.07, 6.45) is 9.98. The lowest BCUT2D eigenvalue weighted by Crippen LogP contribution is -2.40. The van der Waals surface area contributed by atoms with Crippen LogP contribution in [0.15, 0.2) is 6.33 Å². The Kier molecular flexibility index (Phi) is 3.84. The second-order valence-electron chi connectivity index (χ2n) is 8.66. The number of hydrogen-bond acceptors (Lipinski definition) is 4. The van der Waals surface area contributed by atoms with Gasteiger partial charge in [0.05, 0.1) is 0 Å². The van der Waals surface area contributed by atoms with Gasteiger partial charge in [-0.2, -0.15) is 0 Å². The summed E-state index contributed by atoms with van der Waals surface area (Å²) in [7, 11) is 0. The van der Waals surface area contributed by atoms with E-state index in [0.29, 0.717) is 11.8 Å². The first-order valence-electron chi connectivity index (χ1n) is 9.99. The lowest BCUT2D eigenvalue weighted by atomic mass is 9.71. The molecule has 2 aliphatic carbocycles. The van der Waals surface area contributed by atoms with Crippen LogP contribution < -0.4 is 0 Å². The largest absolute Gasteiger partial charge is 0.381 e. The fraction of sp³-hybridized carbons (Fsp3) is 0.842. The van der Waals surface area contributed by atoms with Crippen LogP contribution in [0.2, 0.25) is 0 Å². The molecule has 1 unspecified atom stereocenters. The van der Waals surface area contributed by atoms with Crippen LogP contribution >= 0.6 is 0 Å². The maximum atomic E-state index is 12.9. The first kappa shape index (κ1) is 15.8. The Bertz CT molecular complexity index is 644. The SMILES string of the molecule is O=C(C1CCC1)N1CC(c2nncn2CC2CC2)C2(CCOCC2)C1. The third kappa shape index (κ3) is 2.78. The van der Waals surface area contributed by atoms with Crippen LogP contribution in [-0.2, 0) is 16.1 Å². The van der Waals surface area contributed by atoms with Crippen molar-refractivity contribution in [1.29, 1.82) is 0 Å². The summed E-state index contributed by atoms with van der Waals surface area (Å²) in [4.78, 5) is 15.0. The van der Waals surface area contributed by atoms with Crippen LogP contribution in [0.5, 0.6) is 0 Å². The molecule has 1 amide bonds. The molecule has 6 nitrogen and oxygen atoms in total. The van der Waals surface area contributed by atoms with E-state index in [4.69, 9.17) is 4.74 Å². The normalized spacial score (nSPS) is 29.1. The number of ether oxygens (including phenoxy) is 1. The quantitative estimate of drug-likeness (QED) is 0.840. The molecule has 1 atom stereocenters. The number of likely N-dealkylation sites (tertiary alicyclic amines) is 1. The third-order valence-electron chi connectivity index (χ3n) is 7.01. The molecule has 2 aliphatic heterocycles. The monoisotopic (exact) mass is 344 g/mol. The van der Waals surface area contributed by atoms with Crippen LogP contribution in [0.4, 0.5) is 0 Å². The van der Waals surface area contributed by atoms with Gasteiger partial charge >= 0.3 is 0 Å². The Balaban J connectivity index is 1.43. The van der Waals surface area contributed by atoms with E-state index in [1.54, 1.807) is 0 Å². The standard InChI is InChI=1S/C19H28N4O2/c24-18(15-2-1-3-15)22-11-16(19(12-22)6-8-25-9-7-19)17-21-20-13-23(17)10-14-4-5-14/h13-16H,1-12H2. The third-order valence-corrected chi connectivity index (χ3v) is 7.01. The maximum absolute atomic E-state index is 12.9. The predicted molar refractivity (Wildman–Crippen MR) is 91.9 cm³/mol. The zero-order valence-electron chi connectivity index (χ0n) is 14.9. The summed E-state index contributed by atoms with van der Waals surface area (Å²) in [6, 6.07) is 0. The molecule has 1 spiro atoms. The van der Waals surface area contributed by atoms with Crippen molar-refractivity contribution < 1.29 is 9.53 Å². The summed E-state index contributed by atoms with van der Waals surface area (Å²) in [5.41, 5.74) is 0.131. The molecule has 0 bridgehead atoms. The zero-order valence-corrected chi connectivity index (χ0v) is 14.9. The van der Waals surface area contributed by atoms with Gasteiger partial charge in [-0.3, -0.25) is 4.79 Å². The number of carbonyl (C=O) groups is 1. The average molecular weight is 344 g/mol. The van der Waals surface area contributed by atoms with E-state index in [1.807, 2.05) is 6.33 Å². The number of rotatable bonds is 4. The van der Waals surface area contributed by atoms with Gasteiger partial charge in [-0.1, -0.05) is 6.42 Å². The molecule has 0 aromatic carbocycles. The molecule has 2 saturated carbocycles. The summed E-state index contributed by atoms with van der Waals surface area (Å²) in [6.45, 7) is 4.35. The maximum Gasteiger partial charge on any atom is 0.225 e. The van der Waals surface area contributed by atoms with Crippen LogP contribution in [0.3, 0.4) is 0 Å². The van der Waals surface area contributed by atoms with Crippen molar-refractivity contribution in [2.24, 2.45) is 17.3 Å². The number of aromatic nitrogens is 3. The molecule has 2 saturated heterocycles. The Hall–Kier alpha value is -1.43. The second-order valence-corrected chi connectivity index (χ2v) is 8.66. The number of hydrogen-bond donors (Lipinski definition) is 0. The number of nitrogens with zero attached hydrogens (tertiary/aromatic N) is 4. The highest BCUT2D eigenvalue weighted by Crippen LogP contribution is 2.50. The molecule has 1 aromatic heterocycles. The van der Waals surface area contributed by atoms with Gasteiger partial charge in [0.2, 0.25) is 5.91 Å². The van der Waals surface area contributed by atoms with Gasteiger partial charge in [0.1, 0.15) is 12.2 Å². The van der Waals surface area contributed by atoms with Gasteiger partial charge in [0, 0.05) is 50.1 Å². The molecule has 5 rings (SSSR count). The number of amides is 1. The minimum absolute atomic E-state index is 0.131. The van der Waals surface area contributed by atoms with Crippen molar-refractivity contribution in [2.45, 2.75) is 57.4 Å². The van der Waals surface area contributed by atoms with Gasteiger partial charge in [0.25, 0.3) is 0 Å². The predicted octanol–water partition coefficient (Wildman–Crippen LogP) is 2.21. The van der Waals surface area contributed by atoms with E-state index in [2.05, 4.69) is 19.7 Å².